The monoisotopic (exact) mass is 326 g/mol. The number of anilines is 2. The molecule has 1 aliphatic heterocycles. The van der Waals surface area contributed by atoms with E-state index in [1.165, 1.54) is 0 Å². The molecule has 2 fully saturated rings. The lowest BCUT2D eigenvalue weighted by molar-refractivity contribution is -0.131. The first-order valence-electron chi connectivity index (χ1n) is 8.57. The van der Waals surface area contributed by atoms with E-state index in [0.717, 1.165) is 61.9 Å². The molecule has 0 spiro atoms. The molecule has 7 heteroatoms. The predicted molar refractivity (Wildman–Crippen MR) is 89.8 cm³/mol. The fourth-order valence-electron chi connectivity index (χ4n) is 3.23. The molecule has 2 aromatic rings. The van der Waals surface area contributed by atoms with Crippen LogP contribution in [0.4, 0.5) is 11.6 Å². The summed E-state index contributed by atoms with van der Waals surface area (Å²) in [6.07, 6.45) is 5.76. The van der Waals surface area contributed by atoms with Gasteiger partial charge in [0.1, 0.15) is 11.6 Å². The van der Waals surface area contributed by atoms with Gasteiger partial charge in [-0.25, -0.2) is 9.97 Å². The first-order chi connectivity index (χ1) is 11.7. The van der Waals surface area contributed by atoms with E-state index in [-0.39, 0.29) is 0 Å². The topological polar surface area (TPSA) is 86.8 Å². The van der Waals surface area contributed by atoms with Gasteiger partial charge in [0.25, 0.3) is 0 Å². The molecule has 1 saturated heterocycles. The molecule has 1 unspecified atom stereocenters. The molecule has 0 bridgehead atoms. The molecule has 1 aliphatic carbocycles. The molecule has 7 nitrogen and oxygen atoms in total. The summed E-state index contributed by atoms with van der Waals surface area (Å²) in [7, 11) is 0. The van der Waals surface area contributed by atoms with Crippen LogP contribution in [0.5, 0.6) is 0 Å². The van der Waals surface area contributed by atoms with E-state index < -0.39 is 0 Å². The highest BCUT2D eigenvalue weighted by atomic mass is 16.2. The van der Waals surface area contributed by atoms with Crippen LogP contribution in [-0.2, 0) is 11.2 Å². The van der Waals surface area contributed by atoms with Crippen LogP contribution >= 0.6 is 0 Å². The molecule has 1 atom stereocenters. The zero-order valence-electron chi connectivity index (χ0n) is 13.8. The minimum Gasteiger partial charge on any atom is -0.342 e. The predicted octanol–water partition coefficient (Wildman–Crippen LogP) is 2.05. The molecule has 0 aromatic carbocycles. The quantitative estimate of drug-likeness (QED) is 0.878. The average Bonchev–Trinajstić information content (AvgIpc) is 3.19. The molecule has 24 heavy (non-hydrogen) atoms. The smallest absolute Gasteiger partial charge is 0.225 e. The SMILES string of the molecule is Cc1cc(Nc2ccnc(CC3CCN(C(=O)C4CC4)C3)n2)n[nH]1. The Morgan fingerprint density at radius 3 is 3.00 bits per heavy atom. The van der Waals surface area contributed by atoms with Crippen LogP contribution in [-0.4, -0.2) is 44.1 Å². The van der Waals surface area contributed by atoms with Crippen molar-refractivity contribution >= 4 is 17.5 Å². The number of carbonyl (C=O) groups excluding carboxylic acids is 1. The van der Waals surface area contributed by atoms with Crippen LogP contribution < -0.4 is 5.32 Å². The summed E-state index contributed by atoms with van der Waals surface area (Å²) in [6.45, 7) is 3.68. The number of likely N-dealkylation sites (tertiary alicyclic amines) is 1. The van der Waals surface area contributed by atoms with Crippen molar-refractivity contribution < 1.29 is 4.79 Å². The first kappa shape index (κ1) is 15.1. The Labute approximate surface area is 140 Å². The summed E-state index contributed by atoms with van der Waals surface area (Å²) in [5, 5.41) is 10.2. The number of hydrogen-bond acceptors (Lipinski definition) is 5. The van der Waals surface area contributed by atoms with Crippen LogP contribution in [0.25, 0.3) is 0 Å². The van der Waals surface area contributed by atoms with Crippen molar-refractivity contribution in [3.8, 4) is 0 Å². The number of amides is 1. The van der Waals surface area contributed by atoms with E-state index in [4.69, 9.17) is 0 Å². The Morgan fingerprint density at radius 1 is 1.38 bits per heavy atom. The van der Waals surface area contributed by atoms with Crippen molar-refractivity contribution in [3.63, 3.8) is 0 Å². The maximum Gasteiger partial charge on any atom is 0.225 e. The highest BCUT2D eigenvalue weighted by Gasteiger charge is 2.36. The Hall–Kier alpha value is -2.44. The molecule has 3 heterocycles. The Morgan fingerprint density at radius 2 is 2.25 bits per heavy atom. The number of aryl methyl sites for hydroxylation is 1. The van der Waals surface area contributed by atoms with Gasteiger partial charge in [0.2, 0.25) is 5.91 Å². The molecule has 4 rings (SSSR count). The molecule has 1 amide bonds. The Kier molecular flexibility index (Phi) is 3.92. The number of aromatic nitrogens is 4. The van der Waals surface area contributed by atoms with Crippen LogP contribution in [0.2, 0.25) is 0 Å². The van der Waals surface area contributed by atoms with Crippen LogP contribution in [0.15, 0.2) is 18.3 Å². The number of hydrogen-bond donors (Lipinski definition) is 2. The first-order valence-corrected chi connectivity index (χ1v) is 8.57. The second kappa shape index (κ2) is 6.22. The van der Waals surface area contributed by atoms with Gasteiger partial charge < -0.3 is 10.2 Å². The fourth-order valence-corrected chi connectivity index (χ4v) is 3.23. The summed E-state index contributed by atoms with van der Waals surface area (Å²) in [6, 6.07) is 3.77. The van der Waals surface area contributed by atoms with E-state index >= 15 is 0 Å². The zero-order valence-corrected chi connectivity index (χ0v) is 13.8. The van der Waals surface area contributed by atoms with Gasteiger partial charge >= 0.3 is 0 Å². The highest BCUT2D eigenvalue weighted by Crippen LogP contribution is 2.33. The molecule has 1 saturated carbocycles. The van der Waals surface area contributed by atoms with Gasteiger partial charge in [0.05, 0.1) is 0 Å². The molecular formula is C17H22N6O. The lowest BCUT2D eigenvalue weighted by Gasteiger charge is -2.16. The van der Waals surface area contributed by atoms with Crippen molar-refractivity contribution in [2.45, 2.75) is 32.6 Å². The van der Waals surface area contributed by atoms with Gasteiger partial charge in [0.15, 0.2) is 5.82 Å². The summed E-state index contributed by atoms with van der Waals surface area (Å²) in [5.41, 5.74) is 0.998. The summed E-state index contributed by atoms with van der Waals surface area (Å²) < 4.78 is 0. The second-order valence-corrected chi connectivity index (χ2v) is 6.84. The number of rotatable bonds is 5. The van der Waals surface area contributed by atoms with Gasteiger partial charge in [-0.05, 0) is 38.2 Å². The van der Waals surface area contributed by atoms with Crippen molar-refractivity contribution in [2.24, 2.45) is 11.8 Å². The van der Waals surface area contributed by atoms with E-state index in [1.807, 2.05) is 24.0 Å². The Bertz CT molecular complexity index is 738. The second-order valence-electron chi connectivity index (χ2n) is 6.84. The number of H-pyrrole nitrogens is 1. The highest BCUT2D eigenvalue weighted by molar-refractivity contribution is 5.81. The van der Waals surface area contributed by atoms with Crippen LogP contribution in [0, 0.1) is 18.8 Å². The third-order valence-electron chi connectivity index (χ3n) is 4.66. The molecule has 2 aliphatic rings. The Balaban J connectivity index is 1.36. The van der Waals surface area contributed by atoms with Gasteiger partial charge in [-0.3, -0.25) is 9.89 Å². The summed E-state index contributed by atoms with van der Waals surface area (Å²) >= 11 is 0. The molecular weight excluding hydrogens is 304 g/mol. The minimum absolute atomic E-state index is 0.310. The number of carbonyl (C=O) groups is 1. The lowest BCUT2D eigenvalue weighted by Crippen LogP contribution is -2.30. The maximum absolute atomic E-state index is 12.1. The number of nitrogens with one attached hydrogen (secondary N) is 2. The van der Waals surface area contributed by atoms with E-state index in [1.54, 1.807) is 6.20 Å². The van der Waals surface area contributed by atoms with E-state index in [2.05, 4.69) is 25.5 Å². The van der Waals surface area contributed by atoms with Crippen molar-refractivity contribution in [2.75, 3.05) is 18.4 Å². The third kappa shape index (κ3) is 3.39. The van der Waals surface area contributed by atoms with Crippen molar-refractivity contribution in [1.82, 2.24) is 25.1 Å². The van der Waals surface area contributed by atoms with Gasteiger partial charge in [0, 0.05) is 43.4 Å². The molecule has 0 radical (unpaired) electrons. The normalized spacial score (nSPS) is 20.4. The van der Waals surface area contributed by atoms with Gasteiger partial charge in [-0.15, -0.1) is 0 Å². The van der Waals surface area contributed by atoms with Crippen molar-refractivity contribution in [3.05, 3.63) is 29.8 Å². The largest absolute Gasteiger partial charge is 0.342 e. The molecule has 2 aromatic heterocycles. The lowest BCUT2D eigenvalue weighted by atomic mass is 10.0. The zero-order chi connectivity index (χ0) is 16.5. The van der Waals surface area contributed by atoms with Crippen LogP contribution in [0.1, 0.15) is 30.8 Å². The third-order valence-corrected chi connectivity index (χ3v) is 4.66. The maximum atomic E-state index is 12.1. The number of nitrogens with zero attached hydrogens (tertiary/aromatic N) is 4. The molecule has 126 valence electrons. The van der Waals surface area contributed by atoms with Gasteiger partial charge in [-0.1, -0.05) is 0 Å². The number of aromatic amines is 1. The minimum atomic E-state index is 0.310. The molecule has 2 N–H and O–H groups in total. The average molecular weight is 326 g/mol. The summed E-state index contributed by atoms with van der Waals surface area (Å²) in [4.78, 5) is 23.1. The van der Waals surface area contributed by atoms with Gasteiger partial charge in [-0.2, -0.15) is 5.10 Å². The van der Waals surface area contributed by atoms with Crippen molar-refractivity contribution in [1.29, 1.82) is 0 Å². The standard InChI is InChI=1S/C17H22N6O/c1-11-8-16(22-21-11)20-14-4-6-18-15(19-14)9-12-5-7-23(10-12)17(24)13-2-3-13/h4,6,8,12-13H,2-3,5,7,9-10H2,1H3,(H2,18,19,20,21,22). The summed E-state index contributed by atoms with van der Waals surface area (Å²) in [5.74, 6) is 3.43. The fraction of sp³-hybridized carbons (Fsp3) is 0.529. The van der Waals surface area contributed by atoms with E-state index in [9.17, 15) is 4.79 Å². The van der Waals surface area contributed by atoms with E-state index in [0.29, 0.717) is 17.7 Å². The van der Waals surface area contributed by atoms with Crippen LogP contribution in [0.3, 0.4) is 0 Å².